The van der Waals surface area contributed by atoms with Gasteiger partial charge >= 0.3 is 0 Å². The largest absolute Gasteiger partial charge is 0.478 e. The first-order valence-electron chi connectivity index (χ1n) is 5.59. The summed E-state index contributed by atoms with van der Waals surface area (Å²) in [5, 5.41) is 0. The molecule has 1 aliphatic rings. The highest BCUT2D eigenvalue weighted by atomic mass is 79.9. The summed E-state index contributed by atoms with van der Waals surface area (Å²) in [6.45, 7) is 5.10. The molecular formula is C13H16BrNO. The van der Waals surface area contributed by atoms with Crippen molar-refractivity contribution >= 4 is 21.8 Å². The number of hydrogen-bond acceptors (Lipinski definition) is 2. The van der Waals surface area contributed by atoms with Gasteiger partial charge in [-0.2, -0.15) is 0 Å². The van der Waals surface area contributed by atoms with Crippen molar-refractivity contribution in [2.75, 3.05) is 6.61 Å². The van der Waals surface area contributed by atoms with Crippen LogP contribution in [0.4, 0.5) is 0 Å². The van der Waals surface area contributed by atoms with Crippen molar-refractivity contribution in [1.82, 2.24) is 0 Å². The standard InChI is InChI=1S/C13H16BrNO/c1-9(2)12-8-16-13(15-12)7-10-3-5-11(14)6-4-10/h3-6,9,12H,7-8H2,1-2H3. The molecule has 86 valence electrons. The average molecular weight is 282 g/mol. The third-order valence-corrected chi connectivity index (χ3v) is 3.30. The van der Waals surface area contributed by atoms with Gasteiger partial charge in [-0.25, -0.2) is 4.99 Å². The van der Waals surface area contributed by atoms with Gasteiger partial charge < -0.3 is 4.74 Å². The molecule has 1 atom stereocenters. The van der Waals surface area contributed by atoms with E-state index in [4.69, 9.17) is 4.74 Å². The third kappa shape index (κ3) is 2.85. The first kappa shape index (κ1) is 11.6. The monoisotopic (exact) mass is 281 g/mol. The lowest BCUT2D eigenvalue weighted by Crippen LogP contribution is -2.13. The summed E-state index contributed by atoms with van der Waals surface area (Å²) in [4.78, 5) is 4.59. The van der Waals surface area contributed by atoms with Gasteiger partial charge in [-0.3, -0.25) is 0 Å². The maximum atomic E-state index is 5.60. The van der Waals surface area contributed by atoms with Crippen LogP contribution in [-0.4, -0.2) is 18.5 Å². The molecule has 0 radical (unpaired) electrons. The fourth-order valence-corrected chi connectivity index (χ4v) is 1.92. The van der Waals surface area contributed by atoms with Gasteiger partial charge in [0.15, 0.2) is 5.90 Å². The average Bonchev–Trinajstić information content (AvgIpc) is 2.70. The lowest BCUT2D eigenvalue weighted by molar-refractivity contribution is 0.287. The molecule has 0 saturated carbocycles. The van der Waals surface area contributed by atoms with Crippen molar-refractivity contribution in [1.29, 1.82) is 0 Å². The zero-order valence-electron chi connectivity index (χ0n) is 9.61. The predicted octanol–water partition coefficient (Wildman–Crippen LogP) is 3.44. The summed E-state index contributed by atoms with van der Waals surface area (Å²) in [6.07, 6.45) is 0.802. The molecule has 1 heterocycles. The van der Waals surface area contributed by atoms with Crippen LogP contribution in [0.3, 0.4) is 0 Å². The molecule has 2 nitrogen and oxygen atoms in total. The Morgan fingerprint density at radius 1 is 1.38 bits per heavy atom. The van der Waals surface area contributed by atoms with Crippen LogP contribution in [0, 0.1) is 5.92 Å². The van der Waals surface area contributed by atoms with E-state index in [0.29, 0.717) is 12.0 Å². The normalized spacial score (nSPS) is 19.8. The molecule has 0 aromatic heterocycles. The lowest BCUT2D eigenvalue weighted by Gasteiger charge is -2.06. The van der Waals surface area contributed by atoms with E-state index >= 15 is 0 Å². The highest BCUT2D eigenvalue weighted by molar-refractivity contribution is 9.10. The second-order valence-electron chi connectivity index (χ2n) is 4.45. The molecule has 1 aromatic carbocycles. The van der Waals surface area contributed by atoms with E-state index in [9.17, 15) is 0 Å². The molecule has 0 aliphatic carbocycles. The van der Waals surface area contributed by atoms with Crippen LogP contribution in [0.25, 0.3) is 0 Å². The van der Waals surface area contributed by atoms with Crippen LogP contribution in [-0.2, 0) is 11.2 Å². The second-order valence-corrected chi connectivity index (χ2v) is 5.36. The molecule has 0 bridgehead atoms. The molecule has 0 spiro atoms. The fourth-order valence-electron chi connectivity index (χ4n) is 1.66. The SMILES string of the molecule is CC(C)C1COC(Cc2ccc(Br)cc2)=N1. The van der Waals surface area contributed by atoms with Crippen LogP contribution in [0.1, 0.15) is 19.4 Å². The number of benzene rings is 1. The minimum absolute atomic E-state index is 0.338. The molecule has 1 aliphatic heterocycles. The lowest BCUT2D eigenvalue weighted by atomic mass is 10.1. The summed E-state index contributed by atoms with van der Waals surface area (Å²) < 4.78 is 6.70. The molecule has 16 heavy (non-hydrogen) atoms. The summed E-state index contributed by atoms with van der Waals surface area (Å²) in [6, 6.07) is 8.62. The van der Waals surface area contributed by atoms with E-state index in [-0.39, 0.29) is 0 Å². The Kier molecular flexibility index (Phi) is 3.64. The second kappa shape index (κ2) is 5.00. The summed E-state index contributed by atoms with van der Waals surface area (Å²) in [5.74, 6) is 1.43. The van der Waals surface area contributed by atoms with Gasteiger partial charge in [0.2, 0.25) is 0 Å². The van der Waals surface area contributed by atoms with E-state index in [2.05, 4.69) is 46.9 Å². The molecule has 0 amide bonds. The fraction of sp³-hybridized carbons (Fsp3) is 0.462. The zero-order chi connectivity index (χ0) is 11.5. The molecule has 0 N–H and O–H groups in total. The first-order valence-corrected chi connectivity index (χ1v) is 6.38. The van der Waals surface area contributed by atoms with Crippen LogP contribution in [0.15, 0.2) is 33.7 Å². The quantitative estimate of drug-likeness (QED) is 0.832. The number of nitrogens with zero attached hydrogens (tertiary/aromatic N) is 1. The van der Waals surface area contributed by atoms with Gasteiger partial charge in [0, 0.05) is 10.9 Å². The van der Waals surface area contributed by atoms with E-state index in [1.54, 1.807) is 0 Å². The van der Waals surface area contributed by atoms with Crippen molar-refractivity contribution in [2.45, 2.75) is 26.3 Å². The topological polar surface area (TPSA) is 21.6 Å². The highest BCUT2D eigenvalue weighted by Crippen LogP contribution is 2.17. The Hall–Kier alpha value is -0.830. The molecule has 0 saturated heterocycles. The third-order valence-electron chi connectivity index (χ3n) is 2.77. The summed E-state index contributed by atoms with van der Waals surface area (Å²) >= 11 is 3.43. The van der Waals surface area contributed by atoms with Crippen molar-refractivity contribution < 1.29 is 4.74 Å². The Morgan fingerprint density at radius 2 is 2.06 bits per heavy atom. The van der Waals surface area contributed by atoms with Gasteiger partial charge in [0.25, 0.3) is 0 Å². The number of rotatable bonds is 3. The first-order chi connectivity index (χ1) is 7.65. The van der Waals surface area contributed by atoms with Crippen LogP contribution >= 0.6 is 15.9 Å². The van der Waals surface area contributed by atoms with E-state index < -0.39 is 0 Å². The number of hydrogen-bond donors (Lipinski definition) is 0. The molecule has 1 unspecified atom stereocenters. The molecule has 2 rings (SSSR count). The number of halogens is 1. The van der Waals surface area contributed by atoms with Crippen molar-refractivity contribution in [2.24, 2.45) is 10.9 Å². The van der Waals surface area contributed by atoms with E-state index in [1.165, 1.54) is 5.56 Å². The molecule has 0 fully saturated rings. The Balaban J connectivity index is 2.01. The molecular weight excluding hydrogens is 266 g/mol. The Labute approximate surface area is 105 Å². The van der Waals surface area contributed by atoms with Gasteiger partial charge in [-0.1, -0.05) is 41.9 Å². The van der Waals surface area contributed by atoms with Crippen molar-refractivity contribution in [3.8, 4) is 0 Å². The highest BCUT2D eigenvalue weighted by Gasteiger charge is 2.21. The molecule has 3 heteroatoms. The summed E-state index contributed by atoms with van der Waals surface area (Å²) in [7, 11) is 0. The van der Waals surface area contributed by atoms with E-state index in [0.717, 1.165) is 23.4 Å². The Bertz CT molecular complexity index is 383. The van der Waals surface area contributed by atoms with Crippen molar-refractivity contribution in [3.05, 3.63) is 34.3 Å². The van der Waals surface area contributed by atoms with Crippen LogP contribution in [0.2, 0.25) is 0 Å². The smallest absolute Gasteiger partial charge is 0.188 e. The van der Waals surface area contributed by atoms with Gasteiger partial charge in [-0.15, -0.1) is 0 Å². The van der Waals surface area contributed by atoms with Crippen molar-refractivity contribution in [3.63, 3.8) is 0 Å². The minimum Gasteiger partial charge on any atom is -0.478 e. The van der Waals surface area contributed by atoms with E-state index in [1.807, 2.05) is 12.1 Å². The zero-order valence-corrected chi connectivity index (χ0v) is 11.2. The maximum absolute atomic E-state index is 5.60. The van der Waals surface area contributed by atoms with Crippen LogP contribution in [0.5, 0.6) is 0 Å². The number of aliphatic imine (C=N–C) groups is 1. The summed E-state index contributed by atoms with van der Waals surface area (Å²) in [5.41, 5.74) is 1.24. The minimum atomic E-state index is 0.338. The van der Waals surface area contributed by atoms with Gasteiger partial charge in [0.05, 0.1) is 6.04 Å². The molecule has 1 aromatic rings. The Morgan fingerprint density at radius 3 is 2.62 bits per heavy atom. The van der Waals surface area contributed by atoms with Crippen LogP contribution < -0.4 is 0 Å². The maximum Gasteiger partial charge on any atom is 0.188 e. The number of ether oxygens (including phenoxy) is 1. The van der Waals surface area contributed by atoms with Gasteiger partial charge in [-0.05, 0) is 23.6 Å². The van der Waals surface area contributed by atoms with Gasteiger partial charge in [0.1, 0.15) is 6.61 Å². The predicted molar refractivity (Wildman–Crippen MR) is 69.9 cm³/mol.